The van der Waals surface area contributed by atoms with E-state index in [0.717, 1.165) is 17.7 Å². The minimum Gasteiger partial charge on any atom is -0.493 e. The van der Waals surface area contributed by atoms with E-state index in [-0.39, 0.29) is 23.9 Å². The lowest BCUT2D eigenvalue weighted by atomic mass is 9.68. The molecule has 31 heavy (non-hydrogen) atoms. The number of ketones is 1. The van der Waals surface area contributed by atoms with E-state index in [9.17, 15) is 9.59 Å². The van der Waals surface area contributed by atoms with Crippen LogP contribution < -0.4 is 14.8 Å². The van der Waals surface area contributed by atoms with Crippen LogP contribution in [0.3, 0.4) is 0 Å². The van der Waals surface area contributed by atoms with E-state index in [2.05, 4.69) is 19.2 Å². The first-order valence-corrected chi connectivity index (χ1v) is 10.8. The van der Waals surface area contributed by atoms with Crippen LogP contribution in [0.2, 0.25) is 0 Å². The SMILES string of the molecule is CCOC(=O)C1=C(C)NC2=C(C(=O)CC(C)(C)C2)C1c1ccc(OC(C)C)c(OC)c1. The third-order valence-corrected chi connectivity index (χ3v) is 5.62. The molecule has 3 rings (SSSR count). The third-order valence-electron chi connectivity index (χ3n) is 5.62. The van der Waals surface area contributed by atoms with Crippen molar-refractivity contribution in [3.8, 4) is 11.5 Å². The van der Waals surface area contributed by atoms with Crippen LogP contribution in [0.25, 0.3) is 0 Å². The summed E-state index contributed by atoms with van der Waals surface area (Å²) in [5.74, 6) is 0.318. The summed E-state index contributed by atoms with van der Waals surface area (Å²) in [5, 5.41) is 3.34. The van der Waals surface area contributed by atoms with Crippen LogP contribution in [0.5, 0.6) is 11.5 Å². The number of hydrogen-bond donors (Lipinski definition) is 1. The molecule has 1 N–H and O–H groups in total. The molecule has 0 bridgehead atoms. The fraction of sp³-hybridized carbons (Fsp3) is 0.520. The molecule has 0 saturated heterocycles. The average molecular weight is 428 g/mol. The summed E-state index contributed by atoms with van der Waals surface area (Å²) in [6.45, 7) is 12.0. The van der Waals surface area contributed by atoms with Gasteiger partial charge in [0.25, 0.3) is 0 Å². The van der Waals surface area contributed by atoms with Crippen LogP contribution in [-0.2, 0) is 14.3 Å². The van der Waals surface area contributed by atoms with Crippen molar-refractivity contribution in [1.29, 1.82) is 0 Å². The summed E-state index contributed by atoms with van der Waals surface area (Å²) in [6, 6.07) is 5.60. The molecule has 1 aromatic carbocycles. The fourth-order valence-corrected chi connectivity index (χ4v) is 4.46. The number of esters is 1. The van der Waals surface area contributed by atoms with Crippen LogP contribution in [0.15, 0.2) is 40.7 Å². The minimum absolute atomic E-state index is 0.00710. The van der Waals surface area contributed by atoms with Gasteiger partial charge in [0.05, 0.1) is 25.4 Å². The molecule has 0 amide bonds. The van der Waals surface area contributed by atoms with E-state index in [1.54, 1.807) is 14.0 Å². The lowest BCUT2D eigenvalue weighted by Crippen LogP contribution is -2.38. The highest BCUT2D eigenvalue weighted by Crippen LogP contribution is 2.47. The molecule has 0 saturated carbocycles. The number of benzene rings is 1. The number of allylic oxidation sites excluding steroid dienone is 3. The number of dihydropyridines is 1. The summed E-state index contributed by atoms with van der Waals surface area (Å²) in [7, 11) is 1.58. The number of Topliss-reactive ketones (excluding diaryl/α,β-unsaturated/α-hetero) is 1. The predicted molar refractivity (Wildman–Crippen MR) is 119 cm³/mol. The lowest BCUT2D eigenvalue weighted by Gasteiger charge is -2.39. The number of carbonyl (C=O) groups is 2. The molecule has 0 radical (unpaired) electrons. The first-order valence-electron chi connectivity index (χ1n) is 10.8. The number of nitrogens with one attached hydrogen (secondary N) is 1. The standard InChI is InChI=1S/C25H33NO5/c1-8-30-24(28)21-15(4)26-17-12-25(5,6)13-18(27)23(17)22(21)16-9-10-19(31-14(2)3)20(11-16)29-7/h9-11,14,22,26H,8,12-13H2,1-7H3. The summed E-state index contributed by atoms with van der Waals surface area (Å²) >= 11 is 0. The van der Waals surface area contributed by atoms with Crippen molar-refractivity contribution in [1.82, 2.24) is 5.32 Å². The Balaban J connectivity index is 2.17. The number of methoxy groups -OCH3 is 1. The van der Waals surface area contributed by atoms with Gasteiger partial charge in [0, 0.05) is 29.3 Å². The van der Waals surface area contributed by atoms with Gasteiger partial charge in [-0.1, -0.05) is 19.9 Å². The van der Waals surface area contributed by atoms with Crippen molar-refractivity contribution in [3.63, 3.8) is 0 Å². The first-order chi connectivity index (χ1) is 14.6. The van der Waals surface area contributed by atoms with Gasteiger partial charge in [0.1, 0.15) is 0 Å². The van der Waals surface area contributed by atoms with Crippen LogP contribution >= 0.6 is 0 Å². The molecule has 2 aliphatic rings. The second kappa shape index (κ2) is 8.77. The highest BCUT2D eigenvalue weighted by Gasteiger charge is 2.43. The number of ether oxygens (including phenoxy) is 3. The van der Waals surface area contributed by atoms with Crippen LogP contribution in [-0.4, -0.2) is 31.6 Å². The van der Waals surface area contributed by atoms with Gasteiger partial charge < -0.3 is 19.5 Å². The van der Waals surface area contributed by atoms with Crippen molar-refractivity contribution in [2.45, 2.75) is 66.4 Å². The third kappa shape index (κ3) is 4.63. The van der Waals surface area contributed by atoms with Crippen molar-refractivity contribution in [2.75, 3.05) is 13.7 Å². The molecule has 1 aliphatic heterocycles. The predicted octanol–water partition coefficient (Wildman–Crippen LogP) is 4.65. The van der Waals surface area contributed by atoms with E-state index in [1.807, 2.05) is 39.0 Å². The molecule has 168 valence electrons. The molecular weight excluding hydrogens is 394 g/mol. The first kappa shape index (κ1) is 22.9. The molecular formula is C25H33NO5. The van der Waals surface area contributed by atoms with Gasteiger partial charge in [0.15, 0.2) is 17.3 Å². The number of carbonyl (C=O) groups excluding carboxylic acids is 2. The minimum atomic E-state index is -0.513. The van der Waals surface area contributed by atoms with Crippen LogP contribution in [0.1, 0.15) is 65.9 Å². The molecule has 1 unspecified atom stereocenters. The summed E-state index contributed by atoms with van der Waals surface area (Å²) in [5.41, 5.74) is 3.38. The molecule has 1 aliphatic carbocycles. The van der Waals surface area contributed by atoms with Crippen molar-refractivity contribution in [3.05, 3.63) is 46.3 Å². The average Bonchev–Trinajstić information content (AvgIpc) is 2.65. The highest BCUT2D eigenvalue weighted by molar-refractivity contribution is 6.04. The highest BCUT2D eigenvalue weighted by atomic mass is 16.5. The van der Waals surface area contributed by atoms with E-state index >= 15 is 0 Å². The van der Waals surface area contributed by atoms with E-state index < -0.39 is 11.9 Å². The quantitative estimate of drug-likeness (QED) is 0.666. The van der Waals surface area contributed by atoms with Crippen molar-refractivity contribution < 1.29 is 23.8 Å². The fourth-order valence-electron chi connectivity index (χ4n) is 4.46. The van der Waals surface area contributed by atoms with Gasteiger partial charge in [-0.3, -0.25) is 4.79 Å². The van der Waals surface area contributed by atoms with Gasteiger partial charge in [0.2, 0.25) is 0 Å². The smallest absolute Gasteiger partial charge is 0.336 e. The summed E-state index contributed by atoms with van der Waals surface area (Å²) < 4.78 is 16.8. The summed E-state index contributed by atoms with van der Waals surface area (Å²) in [4.78, 5) is 26.3. The van der Waals surface area contributed by atoms with Crippen LogP contribution in [0.4, 0.5) is 0 Å². The number of hydrogen-bond acceptors (Lipinski definition) is 6. The van der Waals surface area contributed by atoms with Gasteiger partial charge in [-0.2, -0.15) is 0 Å². The van der Waals surface area contributed by atoms with E-state index in [0.29, 0.717) is 34.8 Å². The largest absolute Gasteiger partial charge is 0.493 e. The van der Waals surface area contributed by atoms with Gasteiger partial charge in [-0.25, -0.2) is 4.79 Å². The maximum atomic E-state index is 13.3. The van der Waals surface area contributed by atoms with Crippen molar-refractivity contribution in [2.24, 2.45) is 5.41 Å². The normalized spacial score (nSPS) is 20.4. The molecule has 0 aromatic heterocycles. The molecule has 0 spiro atoms. The Morgan fingerprint density at radius 1 is 1.23 bits per heavy atom. The summed E-state index contributed by atoms with van der Waals surface area (Å²) in [6.07, 6.45) is 1.17. The van der Waals surface area contributed by atoms with E-state index in [4.69, 9.17) is 14.2 Å². The zero-order valence-corrected chi connectivity index (χ0v) is 19.5. The Labute approximate surface area is 184 Å². The van der Waals surface area contributed by atoms with E-state index in [1.165, 1.54) is 0 Å². The second-order valence-electron chi connectivity index (χ2n) is 9.23. The van der Waals surface area contributed by atoms with Crippen LogP contribution in [0, 0.1) is 5.41 Å². The second-order valence-corrected chi connectivity index (χ2v) is 9.23. The van der Waals surface area contributed by atoms with Gasteiger partial charge >= 0.3 is 5.97 Å². The molecule has 1 atom stereocenters. The zero-order chi connectivity index (χ0) is 22.9. The Hall–Kier alpha value is -2.76. The lowest BCUT2D eigenvalue weighted by molar-refractivity contribution is -0.138. The Kier molecular flexibility index (Phi) is 6.48. The van der Waals surface area contributed by atoms with Crippen molar-refractivity contribution >= 4 is 11.8 Å². The molecule has 6 nitrogen and oxygen atoms in total. The Bertz CT molecular complexity index is 955. The maximum Gasteiger partial charge on any atom is 0.336 e. The Morgan fingerprint density at radius 3 is 2.55 bits per heavy atom. The molecule has 6 heteroatoms. The monoisotopic (exact) mass is 427 g/mol. The molecule has 1 heterocycles. The molecule has 1 aromatic rings. The maximum absolute atomic E-state index is 13.3. The molecule has 0 fully saturated rings. The number of rotatable bonds is 6. The Morgan fingerprint density at radius 2 is 1.94 bits per heavy atom. The van der Waals surface area contributed by atoms with Gasteiger partial charge in [-0.15, -0.1) is 0 Å². The zero-order valence-electron chi connectivity index (χ0n) is 19.5. The van der Waals surface area contributed by atoms with Gasteiger partial charge in [-0.05, 0) is 57.2 Å². The topological polar surface area (TPSA) is 73.9 Å².